The molecule has 2 rings (SSSR count). The number of hydrogen-bond donors (Lipinski definition) is 10. The van der Waals surface area contributed by atoms with Crippen LogP contribution in [0.1, 0.15) is 87.1 Å². The molecular weight excluding hydrogens is 997 g/mol. The summed E-state index contributed by atoms with van der Waals surface area (Å²) in [6.45, 7) is 0.0438. The number of rotatable bonds is 35. The van der Waals surface area contributed by atoms with Crippen LogP contribution in [0.4, 0.5) is 8.78 Å². The number of nitrogens with two attached hydrogens (primary N) is 6. The van der Waals surface area contributed by atoms with Crippen LogP contribution in [-0.2, 0) is 57.6 Å². The summed E-state index contributed by atoms with van der Waals surface area (Å²) >= 11 is 0. The van der Waals surface area contributed by atoms with Crippen molar-refractivity contribution in [1.82, 2.24) is 10.6 Å². The van der Waals surface area contributed by atoms with Gasteiger partial charge in [-0.1, -0.05) is 17.3 Å². The molecule has 0 aliphatic heterocycles. The summed E-state index contributed by atoms with van der Waals surface area (Å²) in [6.07, 6.45) is 1.08. The van der Waals surface area contributed by atoms with E-state index in [1.54, 1.807) is 0 Å². The molecule has 0 heterocycles. The van der Waals surface area contributed by atoms with Gasteiger partial charge in [0.2, 0.25) is 17.7 Å². The Morgan fingerprint density at radius 1 is 0.587 bits per heavy atom. The first-order valence-electron chi connectivity index (χ1n) is 22.8. The van der Waals surface area contributed by atoms with Crippen molar-refractivity contribution >= 4 is 83.0 Å². The van der Waals surface area contributed by atoms with Gasteiger partial charge in [0, 0.05) is 62.1 Å². The van der Waals surface area contributed by atoms with Gasteiger partial charge in [0.25, 0.3) is 0 Å². The van der Waals surface area contributed by atoms with Crippen LogP contribution in [0.25, 0.3) is 0 Å². The lowest BCUT2D eigenvalue weighted by Gasteiger charge is -2.16. The number of aldehydes is 1. The van der Waals surface area contributed by atoms with Gasteiger partial charge in [0.1, 0.15) is 30.3 Å². The molecule has 4 atom stereocenters. The molecule has 4 unspecified atom stereocenters. The third-order valence-electron chi connectivity index (χ3n) is 10.0. The third-order valence-corrected chi connectivity index (χ3v) is 10.0. The van der Waals surface area contributed by atoms with Crippen LogP contribution < -0.4 is 45.2 Å². The number of nitrogens with one attached hydrogen (secondary N) is 2. The van der Waals surface area contributed by atoms with Gasteiger partial charge in [-0.25, -0.2) is 14.7 Å². The number of amides is 3. The van der Waals surface area contributed by atoms with Crippen molar-refractivity contribution in [2.24, 2.45) is 73.4 Å². The van der Waals surface area contributed by atoms with Crippen molar-refractivity contribution in [1.29, 1.82) is 0 Å². The van der Waals surface area contributed by atoms with E-state index in [0.29, 0.717) is 30.3 Å². The standard InChI is InChI=1S/C24H32FN5O7.C16H28N6O7.C7H5FO/c1-15(31)18(11-22(34)35)10-20(32)13-29-23(36)17(3-2-8-28-24(26)27)9-21(33)14-37-30-12-16-4-6-19(25)7-5-16;17-14(27)10(6-13(25)26)5-11(23)7-22-15(28)9(4-12(24)8-29-20)2-1-3-21-16(18)19;8-7-3-1-6(5-9)2-4-7/h4-7,12,17-18H,2-3,8-11,13-14H2,1H3,(H,29,36)(H,34,35)(H4,26,27,28);9-10H,1-8,20H2,(H2,17,27)(H,22,28)(H,25,26)(H4,18,19,21);1-5H/b30-12+;;. The van der Waals surface area contributed by atoms with Gasteiger partial charge in [-0.15, -0.1) is 0 Å². The number of carboxylic acids is 2. The molecule has 0 saturated heterocycles. The highest BCUT2D eigenvalue weighted by Gasteiger charge is 2.27. The average Bonchev–Trinajstić information content (AvgIpc) is 3.33. The first-order chi connectivity index (χ1) is 35.4. The highest BCUT2D eigenvalue weighted by molar-refractivity contribution is 5.94. The number of oxime groups is 1. The van der Waals surface area contributed by atoms with E-state index >= 15 is 0 Å². The Hall–Kier alpha value is -8.40. The number of carbonyl (C=O) groups is 11. The van der Waals surface area contributed by atoms with Crippen molar-refractivity contribution < 1.29 is 81.4 Å². The zero-order valence-corrected chi connectivity index (χ0v) is 41.2. The number of halogens is 2. The van der Waals surface area contributed by atoms with Crippen molar-refractivity contribution in [2.45, 2.75) is 71.1 Å². The molecule has 0 spiro atoms. The highest BCUT2D eigenvalue weighted by atomic mass is 19.1. The number of ketones is 5. The van der Waals surface area contributed by atoms with Gasteiger partial charge in [-0.2, -0.15) is 0 Å². The van der Waals surface area contributed by atoms with Crippen molar-refractivity contribution in [3.8, 4) is 0 Å². The number of Topliss-reactive ketones (excluding diaryl/α,β-unsaturated/α-hetero) is 5. The number of carbonyl (C=O) groups excluding carboxylic acids is 9. The first-order valence-corrected chi connectivity index (χ1v) is 22.8. The number of guanidine groups is 2. The van der Waals surface area contributed by atoms with E-state index in [4.69, 9.17) is 49.6 Å². The number of carboxylic acid groups (broad SMARTS) is 2. The van der Waals surface area contributed by atoms with E-state index in [1.165, 1.54) is 61.7 Å². The van der Waals surface area contributed by atoms with Crippen molar-refractivity contribution in [2.75, 3.05) is 39.4 Å². The maximum atomic E-state index is 12.9. The SMILES string of the molecule is CC(=O)C(CC(=O)O)CC(=O)CNC(=O)C(CCCN=C(N)N)CC(=O)CO/N=C/c1ccc(F)cc1.NOCC(=O)CC(CCCN=C(N)N)C(=O)NCC(=O)CC(CC(=O)O)C(N)=O.O=Cc1ccc(F)cc1. The Labute approximate surface area is 429 Å². The van der Waals surface area contributed by atoms with Crippen LogP contribution in [0.15, 0.2) is 63.7 Å². The monoisotopic (exact) mass is 1060 g/mol. The normalized spacial score (nSPS) is 12.0. The molecule has 412 valence electrons. The lowest BCUT2D eigenvalue weighted by Crippen LogP contribution is -2.37. The Morgan fingerprint density at radius 2 is 0.987 bits per heavy atom. The molecular formula is C47H65F2N11O15. The van der Waals surface area contributed by atoms with Gasteiger partial charge < -0.3 is 54.4 Å². The zero-order valence-electron chi connectivity index (χ0n) is 41.2. The number of benzene rings is 2. The minimum atomic E-state index is -1.27. The maximum Gasteiger partial charge on any atom is 0.304 e. The second kappa shape index (κ2) is 38.2. The molecule has 3 amide bonds. The summed E-state index contributed by atoms with van der Waals surface area (Å²) in [4.78, 5) is 145. The van der Waals surface area contributed by atoms with Gasteiger partial charge in [-0.3, -0.25) is 67.6 Å². The summed E-state index contributed by atoms with van der Waals surface area (Å²) in [6, 6.07) is 10.8. The van der Waals surface area contributed by atoms with E-state index in [2.05, 4.69) is 30.6 Å². The third kappa shape index (κ3) is 34.6. The molecule has 2 aromatic rings. The minimum Gasteiger partial charge on any atom is -0.481 e. The molecule has 16 N–H and O–H groups in total. The predicted octanol–water partition coefficient (Wildman–Crippen LogP) is -0.644. The van der Waals surface area contributed by atoms with Gasteiger partial charge in [0.15, 0.2) is 41.7 Å². The van der Waals surface area contributed by atoms with Crippen LogP contribution in [0.5, 0.6) is 0 Å². The first kappa shape index (κ1) is 66.6. The predicted molar refractivity (Wildman–Crippen MR) is 265 cm³/mol. The average molecular weight is 1060 g/mol. The quantitative estimate of drug-likeness (QED) is 0.0135. The number of hydrogen-bond acceptors (Lipinski definition) is 17. The number of aliphatic imine (C=N–C) groups is 2. The Balaban J connectivity index is 0.00000127. The Bertz CT molecular complexity index is 2310. The van der Waals surface area contributed by atoms with Gasteiger partial charge in [-0.05, 0) is 74.6 Å². The lowest BCUT2D eigenvalue weighted by atomic mass is 9.94. The van der Waals surface area contributed by atoms with E-state index < -0.39 is 127 Å². The molecule has 0 aliphatic rings. The molecule has 0 aromatic heterocycles. The molecule has 0 saturated carbocycles. The van der Waals surface area contributed by atoms with Crippen LogP contribution >= 0.6 is 0 Å². The topological polar surface area (TPSA) is 464 Å². The molecule has 0 fully saturated rings. The molecule has 0 bridgehead atoms. The van der Waals surface area contributed by atoms with Crippen LogP contribution in [0, 0.1) is 35.3 Å². The molecule has 0 aliphatic carbocycles. The summed E-state index contributed by atoms with van der Waals surface area (Å²) in [7, 11) is 0. The number of aliphatic carboxylic acids is 2. The van der Waals surface area contributed by atoms with Crippen molar-refractivity contribution in [3.63, 3.8) is 0 Å². The van der Waals surface area contributed by atoms with Gasteiger partial charge >= 0.3 is 11.9 Å². The maximum absolute atomic E-state index is 12.9. The highest BCUT2D eigenvalue weighted by Crippen LogP contribution is 2.16. The summed E-state index contributed by atoms with van der Waals surface area (Å²) < 4.78 is 25.0. The van der Waals surface area contributed by atoms with Crippen molar-refractivity contribution in [3.05, 3.63) is 71.3 Å². The fraction of sp³-hybridized carbons (Fsp3) is 0.447. The van der Waals surface area contributed by atoms with Crippen LogP contribution in [0.2, 0.25) is 0 Å². The van der Waals surface area contributed by atoms with Crippen LogP contribution in [0.3, 0.4) is 0 Å². The lowest BCUT2D eigenvalue weighted by molar-refractivity contribution is -0.141. The zero-order chi connectivity index (χ0) is 56.9. The second-order valence-corrected chi connectivity index (χ2v) is 16.3. The number of nitrogens with zero attached hydrogens (tertiary/aromatic N) is 3. The minimum absolute atomic E-state index is 0.102. The summed E-state index contributed by atoms with van der Waals surface area (Å²) in [5.41, 5.74) is 27.1. The van der Waals surface area contributed by atoms with Crippen LogP contribution in [-0.4, -0.2) is 133 Å². The van der Waals surface area contributed by atoms with E-state index in [1.807, 2.05) is 0 Å². The molecule has 75 heavy (non-hydrogen) atoms. The Morgan fingerprint density at radius 3 is 1.37 bits per heavy atom. The number of primary amides is 1. The fourth-order valence-electron chi connectivity index (χ4n) is 6.21. The van der Waals surface area contributed by atoms with E-state index in [9.17, 15) is 61.5 Å². The van der Waals surface area contributed by atoms with E-state index in [0.717, 1.165) is 0 Å². The molecule has 0 radical (unpaired) electrons. The van der Waals surface area contributed by atoms with Gasteiger partial charge in [0.05, 0.1) is 38.1 Å². The second-order valence-electron chi connectivity index (χ2n) is 16.3. The molecule has 2 aromatic carbocycles. The molecule has 26 nitrogen and oxygen atoms in total. The molecule has 28 heteroatoms. The summed E-state index contributed by atoms with van der Waals surface area (Å²) in [5, 5.41) is 26.1. The Kier molecular flexibility index (Phi) is 34.0. The van der Waals surface area contributed by atoms with E-state index in [-0.39, 0.29) is 69.5 Å². The largest absolute Gasteiger partial charge is 0.481 e. The fourth-order valence-corrected chi connectivity index (χ4v) is 6.21. The smallest absolute Gasteiger partial charge is 0.304 e. The summed E-state index contributed by atoms with van der Waals surface area (Å²) in [5.74, 6) is -6.73.